The van der Waals surface area contributed by atoms with Crippen LogP contribution in [-0.4, -0.2) is 23.1 Å². The number of rotatable bonds is 18. The van der Waals surface area contributed by atoms with Crippen molar-refractivity contribution in [3.63, 3.8) is 0 Å². The molecule has 160 valence electrons. The van der Waals surface area contributed by atoms with E-state index in [9.17, 15) is 14.8 Å². The third-order valence-electron chi connectivity index (χ3n) is 4.76. The first kappa shape index (κ1) is 30.6. The van der Waals surface area contributed by atoms with Crippen molar-refractivity contribution in [2.24, 2.45) is 5.92 Å². The van der Waals surface area contributed by atoms with Gasteiger partial charge in [0.25, 0.3) is 0 Å². The van der Waals surface area contributed by atoms with Crippen LogP contribution < -0.4 is 34.8 Å². The number of ketones is 1. The molecule has 0 spiro atoms. The molecule has 6 nitrogen and oxygen atoms in total. The SMILES string of the molecule is CCCCC(CC)COC(=O)CC(CCCC)(CC(=O)CCC)SOO[O-].[Na+]. The Morgan fingerprint density at radius 2 is 1.71 bits per heavy atom. The number of hydrogen-bond donors (Lipinski definition) is 0. The summed E-state index contributed by atoms with van der Waals surface area (Å²) in [5.74, 6) is 0.0553. The van der Waals surface area contributed by atoms with Crippen LogP contribution in [0.1, 0.15) is 98.3 Å². The Balaban J connectivity index is 0. The number of ether oxygens (including phenoxy) is 1. The van der Waals surface area contributed by atoms with Gasteiger partial charge in [-0.05, 0) is 25.2 Å². The van der Waals surface area contributed by atoms with E-state index in [0.29, 0.717) is 25.4 Å². The molecular formula is C20H37NaO6S. The van der Waals surface area contributed by atoms with E-state index in [0.717, 1.165) is 57.0 Å². The first-order valence-corrected chi connectivity index (χ1v) is 11.0. The molecular weight excluding hydrogens is 391 g/mol. The van der Waals surface area contributed by atoms with Gasteiger partial charge >= 0.3 is 35.5 Å². The quantitative estimate of drug-likeness (QED) is 0.108. The Kier molecular flexibility index (Phi) is 21.1. The second kappa shape index (κ2) is 19.3. The second-order valence-corrected chi connectivity index (χ2v) is 8.42. The van der Waals surface area contributed by atoms with Crippen LogP contribution in [0.4, 0.5) is 0 Å². The standard InChI is InChI=1S/C20H38O6S.Na/c1-5-9-12-17(8-4)16-24-19(22)15-20(13-10-6-2,27-26-25-23)14-18(21)11-7-3;/h17,23H,5-16H2,1-4H3;/q;+1/p-1. The first-order valence-electron chi connectivity index (χ1n) is 10.3. The largest absolute Gasteiger partial charge is 1.00 e. The Bertz CT molecular complexity index is 400. The average molecular weight is 429 g/mol. The number of Topliss-reactive ketones (excluding diaryl/α,β-unsaturated/α-hetero) is 1. The summed E-state index contributed by atoms with van der Waals surface area (Å²) in [5.41, 5.74) is 0. The molecule has 0 aliphatic carbocycles. The molecule has 0 aliphatic rings. The van der Waals surface area contributed by atoms with Gasteiger partial charge in [-0.2, -0.15) is 4.33 Å². The summed E-state index contributed by atoms with van der Waals surface area (Å²) in [6.45, 7) is 8.60. The Hall–Kier alpha value is 0.370. The molecule has 0 aromatic heterocycles. The predicted octanol–water partition coefficient (Wildman–Crippen LogP) is 1.70. The van der Waals surface area contributed by atoms with Gasteiger partial charge in [0, 0.05) is 24.9 Å². The third-order valence-corrected chi connectivity index (χ3v) is 5.73. The number of esters is 1. The molecule has 0 heterocycles. The van der Waals surface area contributed by atoms with Gasteiger partial charge in [-0.15, -0.1) is 0 Å². The zero-order chi connectivity index (χ0) is 20.5. The number of unbranched alkanes of at least 4 members (excludes halogenated alkanes) is 2. The minimum atomic E-state index is -0.825. The van der Waals surface area contributed by atoms with Crippen molar-refractivity contribution in [2.45, 2.75) is 103 Å². The fourth-order valence-corrected chi connectivity index (χ4v) is 3.87. The van der Waals surface area contributed by atoms with E-state index in [1.54, 1.807) is 0 Å². The van der Waals surface area contributed by atoms with Gasteiger partial charge in [-0.3, -0.25) is 14.6 Å². The fourth-order valence-electron chi connectivity index (χ4n) is 3.07. The summed E-state index contributed by atoms with van der Waals surface area (Å²) in [5, 5.41) is 13.9. The molecule has 8 heteroatoms. The maximum absolute atomic E-state index is 12.5. The second-order valence-electron chi connectivity index (χ2n) is 7.25. The van der Waals surface area contributed by atoms with Crippen molar-refractivity contribution in [2.75, 3.05) is 6.61 Å². The van der Waals surface area contributed by atoms with E-state index in [2.05, 4.69) is 23.2 Å². The molecule has 0 fully saturated rings. The molecule has 0 bridgehead atoms. The summed E-state index contributed by atoms with van der Waals surface area (Å²) < 4.78 is 9.26. The predicted molar refractivity (Wildman–Crippen MR) is 105 cm³/mol. The molecule has 0 saturated heterocycles. The maximum atomic E-state index is 12.5. The van der Waals surface area contributed by atoms with Gasteiger partial charge in [0.1, 0.15) is 5.78 Å². The van der Waals surface area contributed by atoms with E-state index in [-0.39, 0.29) is 54.2 Å². The Morgan fingerprint density at radius 1 is 1.04 bits per heavy atom. The average Bonchev–Trinajstić information content (AvgIpc) is 2.65. The maximum Gasteiger partial charge on any atom is 1.00 e. The molecule has 0 aromatic carbocycles. The molecule has 2 unspecified atom stereocenters. The molecule has 0 amide bonds. The molecule has 0 N–H and O–H groups in total. The van der Waals surface area contributed by atoms with Crippen LogP contribution in [0.5, 0.6) is 0 Å². The van der Waals surface area contributed by atoms with Crippen molar-refractivity contribution < 1.29 is 58.5 Å². The van der Waals surface area contributed by atoms with E-state index < -0.39 is 4.75 Å². The van der Waals surface area contributed by atoms with E-state index in [1.165, 1.54) is 0 Å². The van der Waals surface area contributed by atoms with E-state index in [1.807, 2.05) is 13.8 Å². The van der Waals surface area contributed by atoms with Crippen molar-refractivity contribution >= 4 is 23.8 Å². The van der Waals surface area contributed by atoms with Crippen LogP contribution in [0.15, 0.2) is 0 Å². The molecule has 0 saturated carbocycles. The summed E-state index contributed by atoms with van der Waals surface area (Å²) >= 11 is 0.789. The molecule has 0 aliphatic heterocycles. The fraction of sp³-hybridized carbons (Fsp3) is 0.900. The molecule has 2 atom stereocenters. The van der Waals surface area contributed by atoms with Crippen LogP contribution >= 0.6 is 12.0 Å². The van der Waals surface area contributed by atoms with Crippen molar-refractivity contribution in [1.29, 1.82) is 0 Å². The number of carbonyl (C=O) groups is 2. The zero-order valence-corrected chi connectivity index (χ0v) is 21.2. The van der Waals surface area contributed by atoms with Crippen LogP contribution in [0.2, 0.25) is 0 Å². The molecule has 28 heavy (non-hydrogen) atoms. The summed E-state index contributed by atoms with van der Waals surface area (Å²) in [4.78, 5) is 24.8. The summed E-state index contributed by atoms with van der Waals surface area (Å²) in [6, 6.07) is 0. The summed E-state index contributed by atoms with van der Waals surface area (Å²) in [7, 11) is 0. The minimum absolute atomic E-state index is 0. The smallest absolute Gasteiger partial charge is 0.691 e. The van der Waals surface area contributed by atoms with E-state index >= 15 is 0 Å². The molecule has 0 rings (SSSR count). The Morgan fingerprint density at radius 3 is 2.25 bits per heavy atom. The minimum Gasteiger partial charge on any atom is -0.691 e. The van der Waals surface area contributed by atoms with Crippen molar-refractivity contribution in [1.82, 2.24) is 0 Å². The monoisotopic (exact) mass is 428 g/mol. The van der Waals surface area contributed by atoms with Gasteiger partial charge in [0.2, 0.25) is 0 Å². The topological polar surface area (TPSA) is 84.9 Å². The van der Waals surface area contributed by atoms with Crippen molar-refractivity contribution in [3.8, 4) is 0 Å². The number of carbonyl (C=O) groups excluding carboxylic acids is 2. The van der Waals surface area contributed by atoms with Crippen molar-refractivity contribution in [3.05, 3.63) is 0 Å². The van der Waals surface area contributed by atoms with Crippen LogP contribution in [0.25, 0.3) is 0 Å². The van der Waals surface area contributed by atoms with E-state index in [4.69, 9.17) is 4.74 Å². The van der Waals surface area contributed by atoms with Crippen LogP contribution in [0.3, 0.4) is 0 Å². The third kappa shape index (κ3) is 14.4. The van der Waals surface area contributed by atoms with Gasteiger partial charge in [0.05, 0.1) is 17.8 Å². The first-order chi connectivity index (χ1) is 13.0. The normalized spacial score (nSPS) is 14.0. The van der Waals surface area contributed by atoms with Gasteiger partial charge < -0.3 is 9.99 Å². The Labute approximate surface area is 197 Å². The zero-order valence-electron chi connectivity index (χ0n) is 18.4. The van der Waals surface area contributed by atoms with Gasteiger partial charge in [-0.25, -0.2) is 0 Å². The van der Waals surface area contributed by atoms with Crippen LogP contribution in [-0.2, 0) is 23.7 Å². The van der Waals surface area contributed by atoms with Gasteiger partial charge in [-0.1, -0.05) is 59.8 Å². The molecule has 0 radical (unpaired) electrons. The van der Waals surface area contributed by atoms with Crippen LogP contribution in [0, 0.1) is 5.92 Å². The number of hydrogen-bond acceptors (Lipinski definition) is 7. The van der Waals surface area contributed by atoms with Gasteiger partial charge in [0.15, 0.2) is 0 Å². The summed E-state index contributed by atoms with van der Waals surface area (Å²) in [6.07, 6.45) is 7.92. The molecule has 0 aromatic rings.